The lowest BCUT2D eigenvalue weighted by Gasteiger charge is -2.23. The molecule has 1 unspecified atom stereocenters. The minimum atomic E-state index is -0.301. The van der Waals surface area contributed by atoms with E-state index in [4.69, 9.17) is 10.6 Å². The molecule has 4 heteroatoms. The van der Waals surface area contributed by atoms with Crippen LogP contribution >= 0.6 is 0 Å². The molecule has 0 saturated heterocycles. The van der Waals surface area contributed by atoms with Crippen molar-refractivity contribution in [2.24, 2.45) is 11.8 Å². The first-order chi connectivity index (χ1) is 8.27. The lowest BCUT2D eigenvalue weighted by molar-refractivity contribution is 0.346. The Hall–Kier alpha value is -1.13. The number of rotatable bonds is 4. The summed E-state index contributed by atoms with van der Waals surface area (Å²) < 4.78 is 19.1. The van der Waals surface area contributed by atoms with Gasteiger partial charge < -0.3 is 4.74 Å². The molecule has 17 heavy (non-hydrogen) atoms. The quantitative estimate of drug-likeness (QED) is 0.626. The normalized spacial score (nSPS) is 18.3. The Morgan fingerprint density at radius 1 is 1.41 bits per heavy atom. The van der Waals surface area contributed by atoms with E-state index in [1.165, 1.54) is 20.0 Å². The molecule has 1 aliphatic rings. The van der Waals surface area contributed by atoms with Crippen molar-refractivity contribution in [3.63, 3.8) is 0 Å². The summed E-state index contributed by atoms with van der Waals surface area (Å²) in [5.74, 6) is 5.98. The summed E-state index contributed by atoms with van der Waals surface area (Å²) in [5.41, 5.74) is 3.37. The molecule has 0 aliphatic heterocycles. The van der Waals surface area contributed by atoms with Gasteiger partial charge in [-0.3, -0.25) is 11.3 Å². The van der Waals surface area contributed by atoms with Gasteiger partial charge in [-0.2, -0.15) is 0 Å². The second kappa shape index (κ2) is 5.47. The highest BCUT2D eigenvalue weighted by atomic mass is 19.1. The molecule has 1 aromatic carbocycles. The van der Waals surface area contributed by atoms with Crippen LogP contribution in [0.15, 0.2) is 18.2 Å². The molecule has 0 radical (unpaired) electrons. The van der Waals surface area contributed by atoms with Crippen molar-refractivity contribution < 1.29 is 9.13 Å². The Morgan fingerprint density at radius 2 is 2.12 bits per heavy atom. The van der Waals surface area contributed by atoms with Gasteiger partial charge in [0.15, 0.2) is 11.6 Å². The minimum absolute atomic E-state index is 0.118. The maximum Gasteiger partial charge on any atom is 0.169 e. The average molecular weight is 238 g/mol. The Balaban J connectivity index is 2.29. The maximum atomic E-state index is 14.1. The molecule has 3 N–H and O–H groups in total. The monoisotopic (exact) mass is 238 g/mol. The van der Waals surface area contributed by atoms with Crippen LogP contribution in [0.1, 0.15) is 37.3 Å². The van der Waals surface area contributed by atoms with E-state index in [9.17, 15) is 4.39 Å². The highest BCUT2D eigenvalue weighted by Gasteiger charge is 2.28. The van der Waals surface area contributed by atoms with Crippen LogP contribution in [0.3, 0.4) is 0 Å². The van der Waals surface area contributed by atoms with Crippen LogP contribution in [-0.4, -0.2) is 7.11 Å². The number of hydrogen-bond donors (Lipinski definition) is 2. The molecule has 1 aromatic rings. The van der Waals surface area contributed by atoms with E-state index in [-0.39, 0.29) is 17.6 Å². The molecule has 0 heterocycles. The zero-order valence-corrected chi connectivity index (χ0v) is 10.1. The number of hydrazine groups is 1. The molecule has 0 amide bonds. The Kier molecular flexibility index (Phi) is 3.97. The molecule has 1 saturated carbocycles. The summed E-state index contributed by atoms with van der Waals surface area (Å²) in [4.78, 5) is 0. The van der Waals surface area contributed by atoms with Gasteiger partial charge in [0, 0.05) is 5.56 Å². The molecular weight excluding hydrogens is 219 g/mol. The van der Waals surface area contributed by atoms with Crippen LogP contribution in [0.5, 0.6) is 5.75 Å². The average Bonchev–Trinajstić information content (AvgIpc) is 2.86. The third-order valence-corrected chi connectivity index (χ3v) is 3.60. The molecule has 0 bridgehead atoms. The summed E-state index contributed by atoms with van der Waals surface area (Å²) >= 11 is 0. The Morgan fingerprint density at radius 3 is 2.71 bits per heavy atom. The highest BCUT2D eigenvalue weighted by molar-refractivity contribution is 5.33. The Bertz CT molecular complexity index is 378. The molecule has 1 atom stereocenters. The molecule has 1 aliphatic carbocycles. The molecule has 0 spiro atoms. The van der Waals surface area contributed by atoms with E-state index in [2.05, 4.69) is 5.43 Å². The van der Waals surface area contributed by atoms with Gasteiger partial charge in [-0.15, -0.1) is 0 Å². The fraction of sp³-hybridized carbons (Fsp3) is 0.538. The fourth-order valence-electron chi connectivity index (χ4n) is 2.70. The molecule has 0 aromatic heterocycles. The van der Waals surface area contributed by atoms with Gasteiger partial charge in [-0.25, -0.2) is 4.39 Å². The van der Waals surface area contributed by atoms with Crippen molar-refractivity contribution in [3.05, 3.63) is 29.6 Å². The standard InChI is InChI=1S/C13H19FN2O/c1-17-11-8-4-7-10(12(11)14)13(16-15)9-5-2-3-6-9/h4,7-9,13,16H,2-3,5-6,15H2,1H3. The number of nitrogens with two attached hydrogens (primary N) is 1. The second-order valence-electron chi connectivity index (χ2n) is 4.55. The van der Waals surface area contributed by atoms with Crippen molar-refractivity contribution in [1.29, 1.82) is 0 Å². The maximum absolute atomic E-state index is 14.1. The number of benzene rings is 1. The van der Waals surface area contributed by atoms with Crippen molar-refractivity contribution >= 4 is 0 Å². The van der Waals surface area contributed by atoms with Crippen LogP contribution < -0.4 is 16.0 Å². The van der Waals surface area contributed by atoms with Crippen LogP contribution in [-0.2, 0) is 0 Å². The molecule has 3 nitrogen and oxygen atoms in total. The van der Waals surface area contributed by atoms with Crippen LogP contribution in [0.2, 0.25) is 0 Å². The number of hydrogen-bond acceptors (Lipinski definition) is 3. The fourth-order valence-corrected chi connectivity index (χ4v) is 2.70. The zero-order valence-electron chi connectivity index (χ0n) is 10.1. The number of halogens is 1. The summed E-state index contributed by atoms with van der Waals surface area (Å²) in [5, 5.41) is 0. The van der Waals surface area contributed by atoms with E-state index in [0.29, 0.717) is 11.5 Å². The van der Waals surface area contributed by atoms with Crippen LogP contribution in [0.25, 0.3) is 0 Å². The molecule has 2 rings (SSSR count). The van der Waals surface area contributed by atoms with Gasteiger partial charge >= 0.3 is 0 Å². The van der Waals surface area contributed by atoms with Gasteiger partial charge in [0.2, 0.25) is 0 Å². The van der Waals surface area contributed by atoms with E-state index in [1.54, 1.807) is 18.2 Å². The van der Waals surface area contributed by atoms with Gasteiger partial charge in [-0.1, -0.05) is 25.0 Å². The van der Waals surface area contributed by atoms with Crippen molar-refractivity contribution in [2.45, 2.75) is 31.7 Å². The first-order valence-electron chi connectivity index (χ1n) is 6.06. The third kappa shape index (κ3) is 2.42. The predicted octanol–water partition coefficient (Wildman–Crippen LogP) is 2.53. The minimum Gasteiger partial charge on any atom is -0.494 e. The third-order valence-electron chi connectivity index (χ3n) is 3.60. The summed E-state index contributed by atoms with van der Waals surface area (Å²) in [6, 6.07) is 5.09. The van der Waals surface area contributed by atoms with Gasteiger partial charge in [0.05, 0.1) is 13.2 Å². The summed E-state index contributed by atoms with van der Waals surface area (Å²) in [6.07, 6.45) is 4.61. The van der Waals surface area contributed by atoms with Gasteiger partial charge in [-0.05, 0) is 24.8 Å². The predicted molar refractivity (Wildman–Crippen MR) is 65.0 cm³/mol. The molecule has 1 fully saturated rings. The van der Waals surface area contributed by atoms with Crippen LogP contribution in [0.4, 0.5) is 4.39 Å². The Labute approximate surface area is 101 Å². The van der Waals surface area contributed by atoms with Gasteiger partial charge in [0.25, 0.3) is 0 Å². The smallest absolute Gasteiger partial charge is 0.169 e. The SMILES string of the molecule is COc1cccc(C(NN)C2CCCC2)c1F. The van der Waals surface area contributed by atoms with E-state index < -0.39 is 0 Å². The largest absolute Gasteiger partial charge is 0.494 e. The van der Waals surface area contributed by atoms with Gasteiger partial charge in [0.1, 0.15) is 0 Å². The number of nitrogens with one attached hydrogen (secondary N) is 1. The number of ether oxygens (including phenoxy) is 1. The van der Waals surface area contributed by atoms with E-state index in [1.807, 2.05) is 0 Å². The summed E-state index contributed by atoms with van der Waals surface area (Å²) in [7, 11) is 1.47. The first kappa shape index (κ1) is 12.3. The highest BCUT2D eigenvalue weighted by Crippen LogP contribution is 2.37. The summed E-state index contributed by atoms with van der Waals surface area (Å²) in [6.45, 7) is 0. The van der Waals surface area contributed by atoms with Crippen molar-refractivity contribution in [1.82, 2.24) is 5.43 Å². The molecular formula is C13H19FN2O. The molecule has 94 valence electrons. The van der Waals surface area contributed by atoms with E-state index in [0.717, 1.165) is 12.8 Å². The van der Waals surface area contributed by atoms with E-state index >= 15 is 0 Å². The lowest BCUT2D eigenvalue weighted by atomic mass is 9.91. The topological polar surface area (TPSA) is 47.3 Å². The number of methoxy groups -OCH3 is 1. The van der Waals surface area contributed by atoms with Crippen molar-refractivity contribution in [3.8, 4) is 5.75 Å². The second-order valence-corrected chi connectivity index (χ2v) is 4.55. The zero-order chi connectivity index (χ0) is 12.3. The van der Waals surface area contributed by atoms with Crippen molar-refractivity contribution in [2.75, 3.05) is 7.11 Å². The first-order valence-corrected chi connectivity index (χ1v) is 6.06. The lowest BCUT2D eigenvalue weighted by Crippen LogP contribution is -2.33. The van der Waals surface area contributed by atoms with Crippen LogP contribution in [0, 0.1) is 11.7 Å².